The molecule has 0 aromatic carbocycles. The van der Waals surface area contributed by atoms with Crippen LogP contribution in [0.4, 0.5) is 0 Å². The molecule has 0 atom stereocenters. The lowest BCUT2D eigenvalue weighted by Crippen LogP contribution is -2.23. The molecule has 0 aromatic heterocycles. The highest BCUT2D eigenvalue weighted by atomic mass is 16.5. The van der Waals surface area contributed by atoms with E-state index >= 15 is 0 Å². The first kappa shape index (κ1) is 9.47. The van der Waals surface area contributed by atoms with Crippen molar-refractivity contribution in [3.63, 3.8) is 0 Å². The largest absolute Gasteiger partial charge is 0.451 e. The van der Waals surface area contributed by atoms with Crippen LogP contribution in [0.3, 0.4) is 0 Å². The first-order valence-corrected chi connectivity index (χ1v) is 3.67. The molecule has 0 unspecified atom stereocenters. The summed E-state index contributed by atoms with van der Waals surface area (Å²) >= 11 is 0. The molecule has 0 aliphatic heterocycles. The Balaban J connectivity index is 3.51. The van der Waals surface area contributed by atoms with Gasteiger partial charge in [-0.05, 0) is 26.7 Å². The second kappa shape index (κ2) is 4.31. The average molecular weight is 143 g/mol. The van der Waals surface area contributed by atoms with Crippen molar-refractivity contribution < 1.29 is 9.53 Å². The number of unbranched alkanes of at least 4 members (excludes halogenated alkanes) is 1. The van der Waals surface area contributed by atoms with Gasteiger partial charge in [0.2, 0.25) is 0 Å². The molecule has 0 aromatic rings. The standard InChI is InChI=1S/C8H15O2/c1-4-5-6-8(2,3)10-7-9/h4-6H2,1-3H3. The maximum absolute atomic E-state index is 9.84. The van der Waals surface area contributed by atoms with Crippen molar-refractivity contribution in [3.05, 3.63) is 0 Å². The van der Waals surface area contributed by atoms with Crippen LogP contribution in [-0.2, 0) is 9.53 Å². The molecule has 0 aliphatic carbocycles. The summed E-state index contributed by atoms with van der Waals surface area (Å²) in [5, 5.41) is 0. The minimum absolute atomic E-state index is 0.322. The molecule has 1 radical (unpaired) electrons. The van der Waals surface area contributed by atoms with Crippen LogP contribution in [0.1, 0.15) is 40.0 Å². The number of carbonyl (C=O) groups excluding carboxylic acids is 1. The lowest BCUT2D eigenvalue weighted by Gasteiger charge is -2.20. The summed E-state index contributed by atoms with van der Waals surface area (Å²) < 4.78 is 4.73. The van der Waals surface area contributed by atoms with Crippen molar-refractivity contribution in [1.82, 2.24) is 0 Å². The van der Waals surface area contributed by atoms with E-state index < -0.39 is 0 Å². The predicted molar refractivity (Wildman–Crippen MR) is 40.4 cm³/mol. The number of ether oxygens (including phenoxy) is 1. The molecular formula is C8H15O2. The van der Waals surface area contributed by atoms with E-state index in [0.29, 0.717) is 0 Å². The van der Waals surface area contributed by atoms with Crippen LogP contribution < -0.4 is 0 Å². The van der Waals surface area contributed by atoms with Gasteiger partial charge in [-0.25, -0.2) is 4.79 Å². The van der Waals surface area contributed by atoms with Crippen LogP contribution in [-0.4, -0.2) is 12.1 Å². The van der Waals surface area contributed by atoms with Gasteiger partial charge in [0.25, 0.3) is 0 Å². The minimum Gasteiger partial charge on any atom is -0.451 e. The van der Waals surface area contributed by atoms with Crippen molar-refractivity contribution >= 4 is 6.47 Å². The van der Waals surface area contributed by atoms with E-state index in [4.69, 9.17) is 4.74 Å². The molecule has 0 aliphatic rings. The molecule has 2 nitrogen and oxygen atoms in total. The molecule has 10 heavy (non-hydrogen) atoms. The van der Waals surface area contributed by atoms with Gasteiger partial charge in [0.1, 0.15) is 5.60 Å². The Bertz CT molecular complexity index is 97.4. The molecule has 0 rings (SSSR count). The molecule has 0 N–H and O–H groups in total. The fourth-order valence-electron chi connectivity index (χ4n) is 0.766. The molecular weight excluding hydrogens is 128 g/mol. The molecule has 0 fully saturated rings. The van der Waals surface area contributed by atoms with Crippen LogP contribution in [0.2, 0.25) is 0 Å². The summed E-state index contributed by atoms with van der Waals surface area (Å²) in [6.07, 6.45) is 3.14. The highest BCUT2D eigenvalue weighted by molar-refractivity contribution is 5.39. The third-order valence-corrected chi connectivity index (χ3v) is 1.45. The third-order valence-electron chi connectivity index (χ3n) is 1.45. The molecule has 0 bridgehead atoms. The Kier molecular flexibility index (Phi) is 4.08. The Morgan fingerprint density at radius 3 is 2.50 bits per heavy atom. The SMILES string of the molecule is CCCCC(C)(C)O[C]=O. The van der Waals surface area contributed by atoms with Gasteiger partial charge < -0.3 is 4.74 Å². The number of hydrogen-bond donors (Lipinski definition) is 0. The Labute approximate surface area is 62.6 Å². The van der Waals surface area contributed by atoms with Crippen molar-refractivity contribution in [2.24, 2.45) is 0 Å². The molecule has 0 spiro atoms. The molecule has 59 valence electrons. The third kappa shape index (κ3) is 4.36. The van der Waals surface area contributed by atoms with Gasteiger partial charge in [-0.2, -0.15) is 0 Å². The van der Waals surface area contributed by atoms with Crippen molar-refractivity contribution in [2.45, 2.75) is 45.6 Å². The first-order valence-electron chi connectivity index (χ1n) is 3.67. The maximum Gasteiger partial charge on any atom is 0.418 e. The van der Waals surface area contributed by atoms with E-state index in [1.807, 2.05) is 13.8 Å². The lowest BCUT2D eigenvalue weighted by molar-refractivity contribution is 0.0778. The normalized spacial score (nSPS) is 11.1. The maximum atomic E-state index is 9.84. The molecule has 0 heterocycles. The van der Waals surface area contributed by atoms with Crippen LogP contribution in [0, 0.1) is 0 Å². The zero-order valence-corrected chi connectivity index (χ0v) is 6.94. The van der Waals surface area contributed by atoms with Gasteiger partial charge in [-0.15, -0.1) is 0 Å². The molecule has 0 saturated carbocycles. The van der Waals surface area contributed by atoms with Crippen LogP contribution in [0.25, 0.3) is 0 Å². The van der Waals surface area contributed by atoms with Gasteiger partial charge in [0, 0.05) is 0 Å². The molecule has 2 heteroatoms. The topological polar surface area (TPSA) is 26.3 Å². The summed E-state index contributed by atoms with van der Waals surface area (Å²) in [6.45, 7) is 7.37. The number of hydrogen-bond acceptors (Lipinski definition) is 2. The van der Waals surface area contributed by atoms with E-state index in [1.54, 1.807) is 0 Å². The fourth-order valence-corrected chi connectivity index (χ4v) is 0.766. The summed E-state index contributed by atoms with van der Waals surface area (Å²) in [5.74, 6) is 0. The van der Waals surface area contributed by atoms with E-state index in [1.165, 1.54) is 6.47 Å². The predicted octanol–water partition coefficient (Wildman–Crippen LogP) is 2.04. The van der Waals surface area contributed by atoms with Gasteiger partial charge in [0.15, 0.2) is 0 Å². The van der Waals surface area contributed by atoms with E-state index in [9.17, 15) is 4.79 Å². The van der Waals surface area contributed by atoms with Crippen LogP contribution in [0.15, 0.2) is 0 Å². The fraction of sp³-hybridized carbons (Fsp3) is 0.875. The Morgan fingerprint density at radius 2 is 2.10 bits per heavy atom. The Morgan fingerprint density at radius 1 is 1.50 bits per heavy atom. The summed E-state index contributed by atoms with van der Waals surface area (Å²) in [7, 11) is 0. The molecule has 0 saturated heterocycles. The highest BCUT2D eigenvalue weighted by Gasteiger charge is 2.17. The van der Waals surface area contributed by atoms with Gasteiger partial charge in [0.05, 0.1) is 0 Å². The van der Waals surface area contributed by atoms with E-state index in [0.717, 1.165) is 19.3 Å². The summed E-state index contributed by atoms with van der Waals surface area (Å²) in [6, 6.07) is 0. The zero-order valence-electron chi connectivity index (χ0n) is 6.94. The smallest absolute Gasteiger partial charge is 0.418 e. The monoisotopic (exact) mass is 143 g/mol. The average Bonchev–Trinajstić information content (AvgIpc) is 1.84. The van der Waals surface area contributed by atoms with Crippen molar-refractivity contribution in [3.8, 4) is 0 Å². The molecule has 0 amide bonds. The van der Waals surface area contributed by atoms with Gasteiger partial charge in [-0.1, -0.05) is 13.3 Å². The van der Waals surface area contributed by atoms with Crippen LogP contribution >= 0.6 is 0 Å². The van der Waals surface area contributed by atoms with E-state index in [-0.39, 0.29) is 5.60 Å². The van der Waals surface area contributed by atoms with Gasteiger partial charge in [-0.3, -0.25) is 0 Å². The van der Waals surface area contributed by atoms with Gasteiger partial charge >= 0.3 is 6.47 Å². The van der Waals surface area contributed by atoms with E-state index in [2.05, 4.69) is 6.92 Å². The second-order valence-corrected chi connectivity index (χ2v) is 3.05. The summed E-state index contributed by atoms with van der Waals surface area (Å²) in [5.41, 5.74) is -0.322. The van der Waals surface area contributed by atoms with Crippen molar-refractivity contribution in [2.75, 3.05) is 0 Å². The minimum atomic E-state index is -0.322. The van der Waals surface area contributed by atoms with Crippen molar-refractivity contribution in [1.29, 1.82) is 0 Å². The zero-order chi connectivity index (χ0) is 8.04. The van der Waals surface area contributed by atoms with Crippen LogP contribution in [0.5, 0.6) is 0 Å². The Hall–Kier alpha value is -0.530. The first-order chi connectivity index (χ1) is 4.62. The lowest BCUT2D eigenvalue weighted by atomic mass is 10.0. The quantitative estimate of drug-likeness (QED) is 0.588. The number of rotatable bonds is 5. The highest BCUT2D eigenvalue weighted by Crippen LogP contribution is 2.16. The summed E-state index contributed by atoms with van der Waals surface area (Å²) in [4.78, 5) is 9.84. The second-order valence-electron chi connectivity index (χ2n) is 3.05.